The second-order valence-electron chi connectivity index (χ2n) is 9.04. The van der Waals surface area contributed by atoms with Crippen molar-refractivity contribution < 1.29 is 19.2 Å². The minimum atomic E-state index is -0.584. The Bertz CT molecular complexity index is 1160. The van der Waals surface area contributed by atoms with Crippen molar-refractivity contribution in [2.45, 2.75) is 44.2 Å². The minimum Gasteiger partial charge on any atom is -0.383 e. The third kappa shape index (κ3) is 4.47. The van der Waals surface area contributed by atoms with Gasteiger partial charge in [0.25, 0.3) is 17.4 Å². The van der Waals surface area contributed by atoms with Crippen molar-refractivity contribution in [3.05, 3.63) is 38.9 Å². The molecule has 2 amide bonds. The van der Waals surface area contributed by atoms with Crippen molar-refractivity contribution in [1.82, 2.24) is 14.5 Å². The summed E-state index contributed by atoms with van der Waals surface area (Å²) in [7, 11) is 1.57. The van der Waals surface area contributed by atoms with Gasteiger partial charge in [-0.3, -0.25) is 19.0 Å². The normalized spacial score (nSPS) is 19.0. The number of primary amides is 1. The Hall–Kier alpha value is -2.56. The van der Waals surface area contributed by atoms with Gasteiger partial charge < -0.3 is 25.3 Å². The number of aromatic amines is 1. The zero-order valence-electron chi connectivity index (χ0n) is 19.0. The first-order valence-corrected chi connectivity index (χ1v) is 12.0. The van der Waals surface area contributed by atoms with Gasteiger partial charge >= 0.3 is 0 Å². The SMILES string of the molecule is COCCn1c(=S)[nH]c2cc(C(=O)N3CCC(C(N)=O)([NH+]4CCCCC4)CC3)ccc2c1=O. The number of hydrogen-bond acceptors (Lipinski definition) is 5. The molecule has 2 aliphatic heterocycles. The van der Waals surface area contributed by atoms with E-state index in [4.69, 9.17) is 22.7 Å². The summed E-state index contributed by atoms with van der Waals surface area (Å²) in [5, 5.41) is 0.469. The molecule has 33 heavy (non-hydrogen) atoms. The third-order valence-corrected chi connectivity index (χ3v) is 7.58. The van der Waals surface area contributed by atoms with E-state index in [1.807, 2.05) is 0 Å². The first-order chi connectivity index (χ1) is 15.9. The molecular formula is C23H32N5O4S+. The Balaban J connectivity index is 1.54. The Morgan fingerprint density at radius 2 is 1.91 bits per heavy atom. The topological polar surface area (TPSA) is 115 Å². The Labute approximate surface area is 197 Å². The predicted octanol–water partition coefficient (Wildman–Crippen LogP) is 0.234. The third-order valence-electron chi connectivity index (χ3n) is 7.26. The van der Waals surface area contributed by atoms with Crippen LogP contribution >= 0.6 is 12.2 Å². The smallest absolute Gasteiger partial charge is 0.278 e. The zero-order chi connectivity index (χ0) is 23.6. The molecule has 2 saturated heterocycles. The maximum absolute atomic E-state index is 13.2. The maximum Gasteiger partial charge on any atom is 0.278 e. The number of H-pyrrole nitrogens is 1. The number of benzene rings is 1. The molecule has 2 aliphatic rings. The van der Waals surface area contributed by atoms with Crippen LogP contribution in [-0.2, 0) is 16.1 Å². The van der Waals surface area contributed by atoms with E-state index < -0.39 is 5.54 Å². The molecule has 0 unspecified atom stereocenters. The quantitative estimate of drug-likeness (QED) is 0.519. The van der Waals surface area contributed by atoms with Crippen LogP contribution in [0.15, 0.2) is 23.0 Å². The summed E-state index contributed by atoms with van der Waals surface area (Å²) in [4.78, 5) is 44.6. The highest BCUT2D eigenvalue weighted by atomic mass is 32.1. The highest BCUT2D eigenvalue weighted by Gasteiger charge is 2.49. The van der Waals surface area contributed by atoms with Gasteiger partial charge in [0.05, 0.1) is 37.1 Å². The summed E-state index contributed by atoms with van der Waals surface area (Å²) in [5.74, 6) is -0.374. The Morgan fingerprint density at radius 3 is 2.55 bits per heavy atom. The fourth-order valence-electron chi connectivity index (χ4n) is 5.28. The molecule has 1 aromatic carbocycles. The second-order valence-corrected chi connectivity index (χ2v) is 9.43. The Morgan fingerprint density at radius 1 is 1.21 bits per heavy atom. The molecule has 0 radical (unpaired) electrons. The van der Waals surface area contributed by atoms with E-state index in [0.29, 0.717) is 60.3 Å². The van der Waals surface area contributed by atoms with E-state index in [0.717, 1.165) is 25.9 Å². The lowest BCUT2D eigenvalue weighted by molar-refractivity contribution is -0.948. The van der Waals surface area contributed by atoms with Crippen LogP contribution in [0.25, 0.3) is 10.9 Å². The summed E-state index contributed by atoms with van der Waals surface area (Å²) in [6, 6.07) is 5.02. The number of quaternary nitrogens is 1. The van der Waals surface area contributed by atoms with Gasteiger partial charge in [0.2, 0.25) is 0 Å². The van der Waals surface area contributed by atoms with E-state index in [-0.39, 0.29) is 17.4 Å². The predicted molar refractivity (Wildman–Crippen MR) is 127 cm³/mol. The fraction of sp³-hybridized carbons (Fsp3) is 0.565. The van der Waals surface area contributed by atoms with E-state index in [1.165, 1.54) is 15.9 Å². The number of hydrogen-bond donors (Lipinski definition) is 3. The van der Waals surface area contributed by atoms with Crippen LogP contribution in [0.3, 0.4) is 0 Å². The number of carbonyl (C=O) groups excluding carboxylic acids is 2. The molecular weight excluding hydrogens is 442 g/mol. The molecule has 10 heteroatoms. The lowest BCUT2D eigenvalue weighted by Gasteiger charge is -2.45. The lowest BCUT2D eigenvalue weighted by atomic mass is 9.83. The van der Waals surface area contributed by atoms with Gasteiger partial charge in [-0.25, -0.2) is 0 Å². The van der Waals surface area contributed by atoms with Crippen LogP contribution in [0, 0.1) is 4.77 Å². The van der Waals surface area contributed by atoms with Crippen molar-refractivity contribution in [3.8, 4) is 0 Å². The molecule has 1 aromatic heterocycles. The number of fused-ring (bicyclic) bond motifs is 1. The van der Waals surface area contributed by atoms with Gasteiger partial charge in [-0.1, -0.05) is 0 Å². The van der Waals surface area contributed by atoms with E-state index in [9.17, 15) is 14.4 Å². The van der Waals surface area contributed by atoms with Crippen molar-refractivity contribution in [3.63, 3.8) is 0 Å². The van der Waals surface area contributed by atoms with E-state index in [1.54, 1.807) is 30.2 Å². The molecule has 0 spiro atoms. The summed E-state index contributed by atoms with van der Waals surface area (Å²) in [5.41, 5.74) is 6.11. The largest absolute Gasteiger partial charge is 0.383 e. The van der Waals surface area contributed by atoms with Gasteiger partial charge in [-0.15, -0.1) is 0 Å². The van der Waals surface area contributed by atoms with Crippen molar-refractivity contribution in [2.24, 2.45) is 5.73 Å². The molecule has 3 heterocycles. The van der Waals surface area contributed by atoms with Crippen molar-refractivity contribution in [2.75, 3.05) is 39.9 Å². The molecule has 0 saturated carbocycles. The number of carbonyl (C=O) groups is 2. The van der Waals surface area contributed by atoms with Crippen LogP contribution in [-0.4, -0.2) is 71.7 Å². The highest BCUT2D eigenvalue weighted by Crippen LogP contribution is 2.23. The van der Waals surface area contributed by atoms with Crippen LogP contribution < -0.4 is 16.2 Å². The summed E-state index contributed by atoms with van der Waals surface area (Å²) < 4.78 is 6.81. The molecule has 0 aliphatic carbocycles. The molecule has 9 nitrogen and oxygen atoms in total. The monoisotopic (exact) mass is 474 g/mol. The number of nitrogens with two attached hydrogens (primary N) is 1. The number of aromatic nitrogens is 2. The number of nitrogens with one attached hydrogen (secondary N) is 2. The van der Waals surface area contributed by atoms with Crippen LogP contribution in [0.1, 0.15) is 42.5 Å². The van der Waals surface area contributed by atoms with Gasteiger partial charge in [-0.05, 0) is 49.7 Å². The number of likely N-dealkylation sites (tertiary alicyclic amines) is 2. The van der Waals surface area contributed by atoms with Crippen molar-refractivity contribution in [1.29, 1.82) is 0 Å². The molecule has 178 valence electrons. The van der Waals surface area contributed by atoms with Crippen LogP contribution in [0.2, 0.25) is 0 Å². The number of rotatable bonds is 6. The molecule has 0 atom stereocenters. The minimum absolute atomic E-state index is 0.119. The summed E-state index contributed by atoms with van der Waals surface area (Å²) >= 11 is 5.34. The molecule has 2 aromatic rings. The first-order valence-electron chi connectivity index (χ1n) is 11.6. The number of ether oxygens (including phenoxy) is 1. The molecule has 0 bridgehead atoms. The second kappa shape index (κ2) is 9.74. The molecule has 4 rings (SSSR count). The number of nitrogens with zero attached hydrogens (tertiary/aromatic N) is 2. The van der Waals surface area contributed by atoms with Gasteiger partial charge in [0.1, 0.15) is 0 Å². The maximum atomic E-state index is 13.2. The molecule has 2 fully saturated rings. The van der Waals surface area contributed by atoms with Crippen LogP contribution in [0.4, 0.5) is 0 Å². The number of methoxy groups -OCH3 is 1. The highest BCUT2D eigenvalue weighted by molar-refractivity contribution is 7.71. The van der Waals surface area contributed by atoms with Crippen molar-refractivity contribution >= 4 is 34.9 Å². The zero-order valence-corrected chi connectivity index (χ0v) is 19.8. The van der Waals surface area contributed by atoms with Gasteiger partial charge in [0.15, 0.2) is 10.3 Å². The lowest BCUT2D eigenvalue weighted by Crippen LogP contribution is -3.22. The van der Waals surface area contributed by atoms with Gasteiger partial charge in [-0.2, -0.15) is 0 Å². The fourth-order valence-corrected chi connectivity index (χ4v) is 5.56. The summed E-state index contributed by atoms with van der Waals surface area (Å²) in [6.45, 7) is 3.62. The van der Waals surface area contributed by atoms with Gasteiger partial charge in [0, 0.05) is 38.6 Å². The standard InChI is InChI=1S/C23H31N5O4S/c1-32-14-13-28-20(30)17-6-5-16(15-18(17)25-22(28)33)19(29)26-11-7-23(8-12-26,21(24)31)27-9-3-2-4-10-27/h5-6,15H,2-4,7-14H2,1H3,(H2,24,31)(H,25,33)/p+1. The average Bonchev–Trinajstić information content (AvgIpc) is 2.83. The summed E-state index contributed by atoms with van der Waals surface area (Å²) in [6.07, 6.45) is 4.57. The van der Waals surface area contributed by atoms with E-state index in [2.05, 4.69) is 4.98 Å². The van der Waals surface area contributed by atoms with Crippen LogP contribution in [0.5, 0.6) is 0 Å². The molecule has 4 N–H and O–H groups in total. The average molecular weight is 475 g/mol. The number of amides is 2. The Kier molecular flexibility index (Phi) is 6.96. The first kappa shape index (κ1) is 23.6. The van der Waals surface area contributed by atoms with E-state index >= 15 is 0 Å². The number of piperidine rings is 2.